The maximum Gasteiger partial charge on any atom is 0.398 e. The molecule has 0 saturated carbocycles. The van der Waals surface area contributed by atoms with Crippen LogP contribution in [0.2, 0.25) is 5.28 Å². The highest BCUT2D eigenvalue weighted by Gasteiger charge is 2.29. The van der Waals surface area contributed by atoms with Crippen molar-refractivity contribution in [3.8, 4) is 0 Å². The van der Waals surface area contributed by atoms with Crippen LogP contribution in [0.1, 0.15) is 12.7 Å². The molecule has 33 heavy (non-hydrogen) atoms. The number of nitrogens with zero attached hydrogens (tertiary/aromatic N) is 3. The third-order valence-electron chi connectivity index (χ3n) is 4.19. The number of aromatic nitrogens is 3. The molecule has 1 aromatic heterocycles. The monoisotopic (exact) mass is 538 g/mol. The lowest BCUT2D eigenvalue weighted by Crippen LogP contribution is -2.24. The van der Waals surface area contributed by atoms with Crippen molar-refractivity contribution in [2.75, 3.05) is 5.32 Å². The molecule has 13 nitrogen and oxygen atoms in total. The van der Waals surface area contributed by atoms with Crippen molar-refractivity contribution >= 4 is 64.4 Å². The van der Waals surface area contributed by atoms with Gasteiger partial charge in [0.05, 0.1) is 10.6 Å². The minimum absolute atomic E-state index is 0.0677. The summed E-state index contributed by atoms with van der Waals surface area (Å²) < 4.78 is 93.9. The summed E-state index contributed by atoms with van der Waals surface area (Å²) in [6.45, 7) is 2.42. The van der Waals surface area contributed by atoms with Crippen molar-refractivity contribution in [2.24, 2.45) is 0 Å². The first kappa shape index (κ1) is 25.2. The van der Waals surface area contributed by atoms with Gasteiger partial charge in [-0.2, -0.15) is 26.8 Å². The van der Waals surface area contributed by atoms with Gasteiger partial charge in [-0.25, -0.2) is 17.6 Å². The van der Waals surface area contributed by atoms with Crippen LogP contribution < -0.4 is 5.32 Å². The third-order valence-corrected chi connectivity index (χ3v) is 7.85. The molecule has 0 aliphatic heterocycles. The van der Waals surface area contributed by atoms with Crippen molar-refractivity contribution in [1.29, 1.82) is 0 Å². The smallest absolute Gasteiger partial charge is 0.323 e. The van der Waals surface area contributed by atoms with Crippen molar-refractivity contribution in [3.05, 3.63) is 41.4 Å². The van der Waals surface area contributed by atoms with E-state index in [1.165, 1.54) is 19.1 Å². The average molecular weight is 539 g/mol. The summed E-state index contributed by atoms with van der Waals surface area (Å²) in [5.41, 5.74) is -2.10. The minimum atomic E-state index is -5.05. The predicted octanol–water partition coefficient (Wildman–Crippen LogP) is 1.92. The molecule has 1 unspecified atom stereocenters. The van der Waals surface area contributed by atoms with Gasteiger partial charge in [0.2, 0.25) is 21.1 Å². The molecule has 0 aliphatic carbocycles. The van der Waals surface area contributed by atoms with Crippen LogP contribution >= 0.6 is 11.6 Å². The quantitative estimate of drug-likeness (QED) is 0.368. The molecular formula is C16H15ClN4O9S3. The number of nitrogens with one attached hydrogen (secondary N) is 1. The van der Waals surface area contributed by atoms with Gasteiger partial charge in [0.1, 0.15) is 10.7 Å². The molecule has 1 heterocycles. The van der Waals surface area contributed by atoms with Crippen molar-refractivity contribution in [3.63, 3.8) is 0 Å². The summed E-state index contributed by atoms with van der Waals surface area (Å²) in [4.78, 5) is 10.6. The van der Waals surface area contributed by atoms with Crippen LogP contribution in [-0.2, 0) is 34.5 Å². The van der Waals surface area contributed by atoms with Gasteiger partial charge in [0.25, 0.3) is 10.1 Å². The van der Waals surface area contributed by atoms with Crippen molar-refractivity contribution in [1.82, 2.24) is 15.0 Å². The lowest BCUT2D eigenvalue weighted by molar-refractivity contribution is 0.251. The first-order valence-corrected chi connectivity index (χ1v) is 13.4. The molecule has 3 N–H and O–H groups in total. The van der Waals surface area contributed by atoms with Gasteiger partial charge in [-0.15, -0.1) is 0 Å². The molecule has 0 saturated heterocycles. The van der Waals surface area contributed by atoms with Crippen LogP contribution in [0, 0.1) is 6.92 Å². The molecule has 0 amide bonds. The molecule has 2 aromatic carbocycles. The Bertz CT molecular complexity index is 1560. The highest BCUT2D eigenvalue weighted by molar-refractivity contribution is 7.92. The van der Waals surface area contributed by atoms with Gasteiger partial charge in [-0.1, -0.05) is 12.1 Å². The normalized spacial score (nSPS) is 13.7. The Morgan fingerprint density at radius 1 is 1.00 bits per heavy atom. The highest BCUT2D eigenvalue weighted by Crippen LogP contribution is 2.34. The number of benzene rings is 2. The largest absolute Gasteiger partial charge is 0.398 e. The van der Waals surface area contributed by atoms with E-state index in [-0.39, 0.29) is 33.5 Å². The lowest BCUT2D eigenvalue weighted by Gasteiger charge is -2.15. The summed E-state index contributed by atoms with van der Waals surface area (Å²) in [5, 5.41) is 2.47. The summed E-state index contributed by atoms with van der Waals surface area (Å²) in [7, 11) is -14.3. The van der Waals surface area contributed by atoms with E-state index in [0.717, 1.165) is 25.1 Å². The molecular weight excluding hydrogens is 524 g/mol. The summed E-state index contributed by atoms with van der Waals surface area (Å²) in [5.74, 6) is 0.134. The summed E-state index contributed by atoms with van der Waals surface area (Å²) in [6.07, 6.45) is 0. The Hall–Kier alpha value is -2.47. The second-order valence-electron chi connectivity index (χ2n) is 6.54. The molecule has 0 aliphatic rings. The van der Waals surface area contributed by atoms with E-state index in [9.17, 15) is 29.8 Å². The standard InChI is InChI=1S/C16H15ClN4O9S3/c1-8-18-15(17)21-16(19-8)20-13-6-3-10-7-11(4-5-12(10)14(13)32(24,25)26)31(22,23)9(2)30-33(27,28)29/h3-7,9H,1-2H3,(H,24,25,26)(H,27,28,29)(H,18,19,20,21). The van der Waals surface area contributed by atoms with Gasteiger partial charge in [0, 0.05) is 5.39 Å². The van der Waals surface area contributed by atoms with E-state index in [1.807, 2.05) is 0 Å². The number of sulfone groups is 1. The predicted molar refractivity (Wildman–Crippen MR) is 116 cm³/mol. The average Bonchev–Trinajstić information content (AvgIpc) is 2.64. The van der Waals surface area contributed by atoms with Crippen molar-refractivity contribution in [2.45, 2.75) is 29.1 Å². The van der Waals surface area contributed by atoms with Crippen molar-refractivity contribution < 1.29 is 38.5 Å². The molecule has 0 bridgehead atoms. The number of hydrogen-bond acceptors (Lipinski definition) is 11. The molecule has 0 spiro atoms. The van der Waals surface area contributed by atoms with Crippen LogP contribution in [0.15, 0.2) is 40.1 Å². The van der Waals surface area contributed by atoms with E-state index in [2.05, 4.69) is 24.5 Å². The summed E-state index contributed by atoms with van der Waals surface area (Å²) >= 11 is 5.78. The Morgan fingerprint density at radius 3 is 2.24 bits per heavy atom. The highest BCUT2D eigenvalue weighted by atomic mass is 35.5. The first-order valence-electron chi connectivity index (χ1n) is 8.67. The van der Waals surface area contributed by atoms with Gasteiger partial charge in [0.15, 0.2) is 5.44 Å². The fourth-order valence-corrected chi connectivity index (χ4v) is 5.92. The van der Waals surface area contributed by atoms with E-state index >= 15 is 0 Å². The van der Waals surface area contributed by atoms with Gasteiger partial charge < -0.3 is 5.32 Å². The van der Waals surface area contributed by atoms with E-state index in [4.69, 9.17) is 16.2 Å². The maximum absolute atomic E-state index is 12.6. The van der Waals surface area contributed by atoms with Gasteiger partial charge >= 0.3 is 10.4 Å². The molecule has 1 atom stereocenters. The number of anilines is 2. The zero-order valence-corrected chi connectivity index (χ0v) is 19.9. The number of rotatable bonds is 7. The van der Waals surface area contributed by atoms with Gasteiger partial charge in [-0.05, 0) is 49.0 Å². The maximum atomic E-state index is 12.6. The molecule has 17 heteroatoms. The van der Waals surface area contributed by atoms with Crippen LogP contribution in [0.4, 0.5) is 11.6 Å². The Balaban J connectivity index is 2.15. The van der Waals surface area contributed by atoms with Crippen LogP contribution in [0.5, 0.6) is 0 Å². The SMILES string of the molecule is Cc1nc(Cl)nc(Nc2ccc3cc(S(=O)(=O)C(C)OS(=O)(=O)O)ccc3c2S(=O)(=O)O)n1. The molecule has 178 valence electrons. The second-order valence-corrected chi connectivity index (χ2v) is 11.5. The Morgan fingerprint density at radius 2 is 1.67 bits per heavy atom. The van der Waals surface area contributed by atoms with Crippen LogP contribution in [0.3, 0.4) is 0 Å². The number of fused-ring (bicyclic) bond motifs is 1. The van der Waals surface area contributed by atoms with Crippen LogP contribution in [-0.4, -0.2) is 54.7 Å². The Labute approximate surface area is 193 Å². The molecule has 0 fully saturated rings. The number of halogens is 1. The fraction of sp³-hybridized carbons (Fsp3) is 0.188. The van der Waals surface area contributed by atoms with Gasteiger partial charge in [-0.3, -0.25) is 9.11 Å². The number of aryl methyl sites for hydroxylation is 1. The number of hydrogen-bond donors (Lipinski definition) is 3. The van der Waals surface area contributed by atoms with E-state index in [0.29, 0.717) is 0 Å². The minimum Gasteiger partial charge on any atom is -0.323 e. The fourth-order valence-electron chi connectivity index (χ4n) is 2.87. The zero-order chi connectivity index (χ0) is 24.8. The Kier molecular flexibility index (Phi) is 6.64. The zero-order valence-electron chi connectivity index (χ0n) is 16.7. The summed E-state index contributed by atoms with van der Waals surface area (Å²) in [6, 6.07) is 5.71. The first-order chi connectivity index (χ1) is 15.1. The third kappa shape index (κ3) is 5.72. The second kappa shape index (κ2) is 8.71. The molecule has 3 rings (SSSR count). The molecule has 3 aromatic rings. The van der Waals surface area contributed by atoms with E-state index in [1.54, 1.807) is 0 Å². The van der Waals surface area contributed by atoms with E-state index < -0.39 is 45.6 Å². The lowest BCUT2D eigenvalue weighted by atomic mass is 10.1. The van der Waals surface area contributed by atoms with Crippen LogP contribution in [0.25, 0.3) is 10.8 Å². The molecule has 0 radical (unpaired) electrons. The topological polar surface area (TPSA) is 203 Å².